The van der Waals surface area contributed by atoms with E-state index in [0.29, 0.717) is 12.1 Å². The highest BCUT2D eigenvalue weighted by atomic mass is 32.5. The molecule has 0 aliphatic heterocycles. The number of aliphatic hydroxyl groups is 1. The summed E-state index contributed by atoms with van der Waals surface area (Å²) < 4.78 is 108. The normalized spacial score (nSPS) is 16.2. The van der Waals surface area contributed by atoms with E-state index in [1.165, 1.54) is 0 Å². The Balaban J connectivity index is 2.19. The van der Waals surface area contributed by atoms with Crippen LogP contribution in [0.15, 0.2) is 47.4 Å². The molecule has 1 amide bonds. The lowest BCUT2D eigenvalue weighted by molar-refractivity contribution is -0.388. The number of benzene rings is 2. The Morgan fingerprint density at radius 3 is 2.24 bits per heavy atom. The zero-order valence-electron chi connectivity index (χ0n) is 16.2. The van der Waals surface area contributed by atoms with E-state index in [1.807, 2.05) is 5.32 Å². The molecule has 1 unspecified atom stereocenters. The van der Waals surface area contributed by atoms with E-state index in [1.54, 1.807) is 0 Å². The predicted octanol–water partition coefficient (Wildman–Crippen LogP) is 6.04. The summed E-state index contributed by atoms with van der Waals surface area (Å²) in [5.41, 5.74) is -6.14. The molecule has 16 heteroatoms. The Morgan fingerprint density at radius 2 is 1.73 bits per heavy atom. The van der Waals surface area contributed by atoms with Gasteiger partial charge in [-0.15, -0.1) is 0 Å². The molecule has 0 spiro atoms. The van der Waals surface area contributed by atoms with E-state index in [-0.39, 0.29) is 18.2 Å². The van der Waals surface area contributed by atoms with E-state index in [0.717, 1.165) is 19.1 Å². The van der Waals surface area contributed by atoms with Crippen molar-refractivity contribution in [1.82, 2.24) is 0 Å². The Morgan fingerprint density at radius 1 is 1.12 bits per heavy atom. The number of halogens is 8. The predicted molar refractivity (Wildman–Crippen MR) is 101 cm³/mol. The summed E-state index contributed by atoms with van der Waals surface area (Å²) >= 11 is 0. The summed E-state index contributed by atoms with van der Waals surface area (Å²) in [6.07, 6.45) is -5.15. The fourth-order valence-corrected chi connectivity index (χ4v) is 3.03. The van der Waals surface area contributed by atoms with Crippen LogP contribution in [-0.2, 0) is 11.0 Å². The van der Waals surface area contributed by atoms with E-state index in [4.69, 9.17) is 4.74 Å². The molecule has 0 aliphatic rings. The molecule has 0 fully saturated rings. The minimum Gasteiger partial charge on any atom is -0.490 e. The number of carbonyl (C=O) groups is 1. The van der Waals surface area contributed by atoms with Crippen LogP contribution in [0.25, 0.3) is 0 Å². The van der Waals surface area contributed by atoms with Crippen molar-refractivity contribution in [2.45, 2.75) is 23.6 Å². The van der Waals surface area contributed by atoms with Gasteiger partial charge in [-0.3, -0.25) is 14.9 Å². The van der Waals surface area contributed by atoms with Crippen LogP contribution in [0.3, 0.4) is 0 Å². The zero-order chi connectivity index (χ0) is 25.5. The summed E-state index contributed by atoms with van der Waals surface area (Å²) in [4.78, 5) is 19.4. The fourth-order valence-electron chi connectivity index (χ4n) is 2.36. The summed E-state index contributed by atoms with van der Waals surface area (Å²) in [5, 5.41) is 22.8. The number of amides is 1. The average Bonchev–Trinajstić information content (AvgIpc) is 2.64. The SMILES string of the molecule is CC(O)(COc1cccc(S(F)(F)(F)(F)F)c1)C(=O)Nc1ccc([N+](=O)[O-])c(C(F)(F)F)c1. The van der Waals surface area contributed by atoms with Gasteiger partial charge in [-0.2, -0.15) is 13.2 Å². The van der Waals surface area contributed by atoms with Crippen molar-refractivity contribution < 1.29 is 52.2 Å². The number of carbonyl (C=O) groups excluding carboxylic acids is 1. The van der Waals surface area contributed by atoms with Crippen LogP contribution in [0.5, 0.6) is 5.75 Å². The van der Waals surface area contributed by atoms with E-state index < -0.39 is 67.0 Å². The highest BCUT2D eigenvalue weighted by Crippen LogP contribution is 3.02. The number of nitrogens with one attached hydrogen (secondary N) is 1. The fraction of sp³-hybridized carbons (Fsp3) is 0.235. The lowest BCUT2D eigenvalue weighted by atomic mass is 10.1. The van der Waals surface area contributed by atoms with Crippen LogP contribution in [0.2, 0.25) is 0 Å². The van der Waals surface area contributed by atoms with Gasteiger partial charge >= 0.3 is 16.4 Å². The van der Waals surface area contributed by atoms with Crippen molar-refractivity contribution in [3.63, 3.8) is 0 Å². The Labute approximate surface area is 179 Å². The second kappa shape index (κ2) is 7.44. The molecule has 2 aromatic carbocycles. The number of nitro groups is 1. The lowest BCUT2D eigenvalue weighted by Gasteiger charge is -2.40. The molecule has 184 valence electrons. The largest absolute Gasteiger partial charge is 0.490 e. The Bertz CT molecular complexity index is 1100. The van der Waals surface area contributed by atoms with Gasteiger partial charge in [0, 0.05) is 17.8 Å². The van der Waals surface area contributed by atoms with Crippen molar-refractivity contribution in [1.29, 1.82) is 0 Å². The van der Waals surface area contributed by atoms with E-state index in [2.05, 4.69) is 0 Å². The third kappa shape index (κ3) is 6.67. The minimum atomic E-state index is -10.0. The number of nitrogens with zero attached hydrogens (tertiary/aromatic N) is 1. The number of nitro benzene ring substituents is 1. The van der Waals surface area contributed by atoms with E-state index >= 15 is 0 Å². The van der Waals surface area contributed by atoms with Crippen molar-refractivity contribution in [3.8, 4) is 5.75 Å². The van der Waals surface area contributed by atoms with Gasteiger partial charge in [0.25, 0.3) is 11.6 Å². The molecule has 2 N–H and O–H groups in total. The molecule has 2 aromatic rings. The Kier molecular flexibility index (Phi) is 5.89. The third-order valence-corrected chi connectivity index (χ3v) is 5.16. The number of alkyl halides is 3. The molecule has 0 radical (unpaired) electrons. The summed E-state index contributed by atoms with van der Waals surface area (Å²) in [6, 6.07) is 2.97. The first-order valence-corrected chi connectivity index (χ1v) is 10.4. The van der Waals surface area contributed by atoms with Crippen LogP contribution in [-0.4, -0.2) is 28.1 Å². The van der Waals surface area contributed by atoms with Gasteiger partial charge in [0.05, 0.1) is 4.92 Å². The van der Waals surface area contributed by atoms with E-state index in [9.17, 15) is 52.6 Å². The van der Waals surface area contributed by atoms with Crippen LogP contribution in [0.1, 0.15) is 12.5 Å². The monoisotopic (exact) mass is 510 g/mol. The van der Waals surface area contributed by atoms with Gasteiger partial charge < -0.3 is 15.2 Å². The van der Waals surface area contributed by atoms with Gasteiger partial charge in [-0.1, -0.05) is 25.5 Å². The number of anilines is 1. The number of hydrogen-bond acceptors (Lipinski definition) is 5. The first-order chi connectivity index (χ1) is 14.6. The molecule has 0 saturated carbocycles. The smallest absolute Gasteiger partial charge is 0.423 e. The minimum absolute atomic E-state index is 0.0402. The number of hydrogen-bond donors (Lipinski definition) is 2. The van der Waals surface area contributed by atoms with Gasteiger partial charge in [0.1, 0.15) is 22.8 Å². The van der Waals surface area contributed by atoms with Crippen molar-refractivity contribution in [3.05, 3.63) is 58.1 Å². The third-order valence-electron chi connectivity index (χ3n) is 4.02. The quantitative estimate of drug-likeness (QED) is 0.269. The summed E-state index contributed by atoms with van der Waals surface area (Å²) in [5.74, 6) is -2.17. The second-order valence-corrected chi connectivity index (χ2v) is 9.36. The molecule has 0 heterocycles. The maximum Gasteiger partial charge on any atom is 0.423 e. The molecule has 33 heavy (non-hydrogen) atoms. The topological polar surface area (TPSA) is 102 Å². The molecule has 0 saturated heterocycles. The maximum absolute atomic E-state index is 13.0. The Hall–Kier alpha value is -3.14. The maximum atomic E-state index is 13.0. The first-order valence-electron chi connectivity index (χ1n) is 8.46. The van der Waals surface area contributed by atoms with Gasteiger partial charge in [0.2, 0.25) is 0 Å². The van der Waals surface area contributed by atoms with Crippen molar-refractivity contribution in [2.24, 2.45) is 0 Å². The summed E-state index contributed by atoms with van der Waals surface area (Å²) in [6.45, 7) is -0.297. The molecule has 2 rings (SSSR count). The zero-order valence-corrected chi connectivity index (χ0v) is 17.0. The molecular formula is C17H14F8N2O5S. The number of rotatable bonds is 7. The van der Waals surface area contributed by atoms with Crippen LogP contribution in [0, 0.1) is 10.1 Å². The van der Waals surface area contributed by atoms with Crippen molar-refractivity contribution >= 4 is 27.5 Å². The van der Waals surface area contributed by atoms with Crippen LogP contribution in [0.4, 0.5) is 44.0 Å². The average molecular weight is 510 g/mol. The molecule has 0 bridgehead atoms. The first kappa shape index (κ1) is 26.1. The van der Waals surface area contributed by atoms with Crippen molar-refractivity contribution in [2.75, 3.05) is 11.9 Å². The molecule has 0 aromatic heterocycles. The van der Waals surface area contributed by atoms with Crippen LogP contribution >= 0.6 is 10.2 Å². The molecular weight excluding hydrogens is 496 g/mol. The van der Waals surface area contributed by atoms with Gasteiger partial charge in [-0.25, -0.2) is 0 Å². The van der Waals surface area contributed by atoms with Gasteiger partial charge in [0.15, 0.2) is 5.60 Å². The number of ether oxygens (including phenoxy) is 1. The highest BCUT2D eigenvalue weighted by molar-refractivity contribution is 8.45. The molecule has 1 atom stereocenters. The van der Waals surface area contributed by atoms with Crippen LogP contribution < -0.4 is 10.1 Å². The molecule has 0 aliphatic carbocycles. The lowest BCUT2D eigenvalue weighted by Crippen LogP contribution is -2.45. The second-order valence-electron chi connectivity index (χ2n) is 6.95. The van der Waals surface area contributed by atoms with Gasteiger partial charge in [-0.05, 0) is 31.2 Å². The molecule has 7 nitrogen and oxygen atoms in total. The highest BCUT2D eigenvalue weighted by Gasteiger charge is 2.65. The summed E-state index contributed by atoms with van der Waals surface area (Å²) in [7, 11) is -10.0. The standard InChI is InChI=1S/C17H14F8N2O5S/c1-16(29,9-32-11-3-2-4-12(8-11)33(21,22,23,24)25)15(28)26-10-5-6-14(27(30)31)13(7-10)17(18,19)20/h2-8,29H,9H2,1H3,(H,26,28).